The predicted octanol–water partition coefficient (Wildman–Crippen LogP) is 1.08. The van der Waals surface area contributed by atoms with E-state index in [0.717, 1.165) is 14.5 Å². The van der Waals surface area contributed by atoms with Gasteiger partial charge in [0.15, 0.2) is 3.95 Å². The second-order valence-electron chi connectivity index (χ2n) is 3.04. The van der Waals surface area contributed by atoms with Crippen molar-refractivity contribution in [3.8, 4) is 0 Å². The third-order valence-electron chi connectivity index (χ3n) is 1.91. The van der Waals surface area contributed by atoms with Crippen LogP contribution in [0.1, 0.15) is 10.6 Å². The largest absolute Gasteiger partial charge is 0.368 e. The summed E-state index contributed by atoms with van der Waals surface area (Å²) in [6.07, 6.45) is 3.81. The highest BCUT2D eigenvalue weighted by Crippen LogP contribution is 2.22. The van der Waals surface area contributed by atoms with Crippen LogP contribution in [0.2, 0.25) is 0 Å². The molecule has 1 amide bonds. The van der Waals surface area contributed by atoms with Crippen molar-refractivity contribution < 1.29 is 4.79 Å². The molecule has 0 radical (unpaired) electrons. The van der Waals surface area contributed by atoms with Crippen molar-refractivity contribution in [1.29, 1.82) is 0 Å². The monoisotopic (exact) mass is 227 g/mol. The van der Waals surface area contributed by atoms with E-state index in [1.165, 1.54) is 0 Å². The summed E-state index contributed by atoms with van der Waals surface area (Å²) in [6, 6.07) is 0. The number of thiazole rings is 1. The second-order valence-corrected chi connectivity index (χ2v) is 4.76. The molecule has 0 fully saturated rings. The summed E-state index contributed by atoms with van der Waals surface area (Å²) in [6.45, 7) is 0.911. The van der Waals surface area contributed by atoms with Crippen molar-refractivity contribution in [2.75, 3.05) is 6.54 Å². The number of hydrogen-bond donors (Lipinski definition) is 2. The summed E-state index contributed by atoms with van der Waals surface area (Å²) in [5, 5.41) is 0. The number of carbonyl (C=O) groups is 1. The minimum atomic E-state index is -0.327. The molecular weight excluding hydrogens is 218 g/mol. The molecule has 0 atom stereocenters. The van der Waals surface area contributed by atoms with E-state index >= 15 is 0 Å². The highest BCUT2D eigenvalue weighted by molar-refractivity contribution is 7.73. The van der Waals surface area contributed by atoms with Crippen molar-refractivity contribution in [1.82, 2.24) is 9.88 Å². The van der Waals surface area contributed by atoms with Crippen molar-refractivity contribution in [2.24, 2.45) is 5.73 Å². The van der Waals surface area contributed by atoms with Gasteiger partial charge in [0.05, 0.1) is 23.7 Å². The third kappa shape index (κ3) is 1.85. The molecule has 4 nitrogen and oxygen atoms in total. The van der Waals surface area contributed by atoms with Crippen LogP contribution in [-0.4, -0.2) is 22.3 Å². The van der Waals surface area contributed by atoms with E-state index < -0.39 is 0 Å². The van der Waals surface area contributed by atoms with Crippen LogP contribution in [-0.2, 0) is 11.3 Å². The number of aromatic nitrogens is 1. The van der Waals surface area contributed by atoms with Crippen LogP contribution in [0, 0.1) is 3.95 Å². The fraction of sp³-hybridized carbons (Fsp3) is 0.250. The molecular formula is C8H9N3OS2. The lowest BCUT2D eigenvalue weighted by Crippen LogP contribution is -2.30. The van der Waals surface area contributed by atoms with Gasteiger partial charge in [-0.2, -0.15) is 0 Å². The van der Waals surface area contributed by atoms with Gasteiger partial charge in [-0.1, -0.05) is 0 Å². The molecule has 0 saturated heterocycles. The number of aromatic amines is 1. The Morgan fingerprint density at radius 1 is 1.79 bits per heavy atom. The number of nitrogens with two attached hydrogens (primary N) is 1. The Morgan fingerprint density at radius 2 is 2.57 bits per heavy atom. The van der Waals surface area contributed by atoms with E-state index in [1.54, 1.807) is 11.3 Å². The summed E-state index contributed by atoms with van der Waals surface area (Å²) in [7, 11) is 0. The lowest BCUT2D eigenvalue weighted by molar-refractivity contribution is -0.118. The smallest absolute Gasteiger partial charge is 0.236 e. The standard InChI is InChI=1S/C8H9N3OS2/c9-7(12)4-11-2-1-6-5(3-11)10-8(13)14-6/h1-2H,3-4H2,(H2,9,12)(H,10,13). The molecule has 6 heteroatoms. The van der Waals surface area contributed by atoms with E-state index in [2.05, 4.69) is 4.98 Å². The average molecular weight is 227 g/mol. The van der Waals surface area contributed by atoms with E-state index in [-0.39, 0.29) is 12.5 Å². The first-order chi connectivity index (χ1) is 6.65. The van der Waals surface area contributed by atoms with Crippen molar-refractivity contribution >= 4 is 35.5 Å². The van der Waals surface area contributed by atoms with Crippen molar-refractivity contribution in [2.45, 2.75) is 6.54 Å². The molecule has 0 aliphatic carbocycles. The molecule has 0 bridgehead atoms. The number of carbonyl (C=O) groups excluding carboxylic acids is 1. The minimum Gasteiger partial charge on any atom is -0.368 e. The van der Waals surface area contributed by atoms with Crippen molar-refractivity contribution in [3.63, 3.8) is 0 Å². The maximum Gasteiger partial charge on any atom is 0.236 e. The van der Waals surface area contributed by atoms with Gasteiger partial charge in [0, 0.05) is 6.20 Å². The summed E-state index contributed by atoms with van der Waals surface area (Å²) in [5.41, 5.74) is 6.16. The van der Waals surface area contributed by atoms with E-state index in [1.807, 2.05) is 17.2 Å². The van der Waals surface area contributed by atoms with Crippen LogP contribution in [0.15, 0.2) is 6.20 Å². The Bertz CT molecular complexity index is 446. The molecule has 74 valence electrons. The number of nitrogens with zero attached hydrogens (tertiary/aromatic N) is 1. The number of amides is 1. The quantitative estimate of drug-likeness (QED) is 0.743. The fourth-order valence-corrected chi connectivity index (χ4v) is 2.50. The lowest BCUT2D eigenvalue weighted by atomic mass is 10.2. The maximum atomic E-state index is 10.7. The zero-order valence-electron chi connectivity index (χ0n) is 7.32. The van der Waals surface area contributed by atoms with Gasteiger partial charge >= 0.3 is 0 Å². The van der Waals surface area contributed by atoms with E-state index in [4.69, 9.17) is 18.0 Å². The maximum absolute atomic E-state index is 10.7. The van der Waals surface area contributed by atoms with Gasteiger partial charge < -0.3 is 15.6 Å². The Balaban J connectivity index is 2.20. The second kappa shape index (κ2) is 3.55. The summed E-state index contributed by atoms with van der Waals surface area (Å²) in [5.74, 6) is -0.327. The zero-order chi connectivity index (χ0) is 10.1. The van der Waals surface area contributed by atoms with Crippen LogP contribution in [0.3, 0.4) is 0 Å². The SMILES string of the molecule is NC(=O)CN1C=Cc2sc(=S)[nH]c2C1. The molecule has 1 aliphatic heterocycles. The van der Waals surface area contributed by atoms with Crippen LogP contribution < -0.4 is 5.73 Å². The molecule has 2 heterocycles. The van der Waals surface area contributed by atoms with Gasteiger partial charge in [-0.05, 0) is 18.3 Å². The Hall–Kier alpha value is -1.14. The number of nitrogens with one attached hydrogen (secondary N) is 1. The Labute approximate surface area is 90.0 Å². The molecule has 1 aliphatic rings. The predicted molar refractivity (Wildman–Crippen MR) is 58.1 cm³/mol. The molecule has 3 N–H and O–H groups in total. The average Bonchev–Trinajstić information content (AvgIpc) is 2.42. The highest BCUT2D eigenvalue weighted by Gasteiger charge is 2.13. The minimum absolute atomic E-state index is 0.242. The molecule has 2 rings (SSSR count). The van der Waals surface area contributed by atoms with Gasteiger partial charge in [0.2, 0.25) is 5.91 Å². The number of hydrogen-bond acceptors (Lipinski definition) is 4. The molecule has 0 aromatic carbocycles. The fourth-order valence-electron chi connectivity index (χ4n) is 1.36. The van der Waals surface area contributed by atoms with Crippen LogP contribution in [0.4, 0.5) is 0 Å². The van der Waals surface area contributed by atoms with Crippen LogP contribution >= 0.6 is 23.6 Å². The summed E-state index contributed by atoms with van der Waals surface area (Å²) < 4.78 is 0.764. The molecule has 0 spiro atoms. The number of primary amides is 1. The van der Waals surface area contributed by atoms with Crippen LogP contribution in [0.5, 0.6) is 0 Å². The molecule has 0 unspecified atom stereocenters. The van der Waals surface area contributed by atoms with Gasteiger partial charge in [0.1, 0.15) is 0 Å². The molecule has 1 aromatic heterocycles. The highest BCUT2D eigenvalue weighted by atomic mass is 32.1. The number of rotatable bonds is 2. The van der Waals surface area contributed by atoms with Gasteiger partial charge in [-0.15, -0.1) is 11.3 Å². The first-order valence-corrected chi connectivity index (χ1v) is 5.30. The van der Waals surface area contributed by atoms with Crippen LogP contribution in [0.25, 0.3) is 6.08 Å². The topological polar surface area (TPSA) is 62.1 Å². The molecule has 0 saturated carbocycles. The van der Waals surface area contributed by atoms with E-state index in [9.17, 15) is 4.79 Å². The van der Waals surface area contributed by atoms with Gasteiger partial charge in [-0.3, -0.25) is 4.79 Å². The zero-order valence-corrected chi connectivity index (χ0v) is 8.95. The normalized spacial score (nSPS) is 14.1. The number of fused-ring (bicyclic) bond motifs is 1. The lowest BCUT2D eigenvalue weighted by Gasteiger charge is -2.21. The van der Waals surface area contributed by atoms with Gasteiger partial charge in [-0.25, -0.2) is 0 Å². The number of H-pyrrole nitrogens is 1. The third-order valence-corrected chi connectivity index (χ3v) is 3.15. The molecule has 14 heavy (non-hydrogen) atoms. The Kier molecular flexibility index (Phi) is 2.39. The van der Waals surface area contributed by atoms with E-state index in [0.29, 0.717) is 6.54 Å². The summed E-state index contributed by atoms with van der Waals surface area (Å²) in [4.78, 5) is 16.8. The first kappa shape index (κ1) is 9.42. The molecule has 1 aromatic rings. The van der Waals surface area contributed by atoms with Crippen molar-refractivity contribution in [3.05, 3.63) is 20.7 Å². The van der Waals surface area contributed by atoms with Gasteiger partial charge in [0.25, 0.3) is 0 Å². The first-order valence-electron chi connectivity index (χ1n) is 4.07. The Morgan fingerprint density at radius 3 is 3.29 bits per heavy atom. The summed E-state index contributed by atoms with van der Waals surface area (Å²) >= 11 is 6.57.